The number of nitrogen functional groups attached to an aromatic ring is 1. The Bertz CT molecular complexity index is 523. The van der Waals surface area contributed by atoms with Crippen LogP contribution in [0.25, 0.3) is 11.3 Å². The second-order valence-electron chi connectivity index (χ2n) is 3.43. The van der Waals surface area contributed by atoms with Crippen molar-refractivity contribution in [3.63, 3.8) is 0 Å². The first-order chi connectivity index (χ1) is 7.63. The number of ether oxygens (including phenoxy) is 1. The van der Waals surface area contributed by atoms with Crippen molar-refractivity contribution in [2.45, 2.75) is 6.92 Å². The van der Waals surface area contributed by atoms with Gasteiger partial charge in [0.2, 0.25) is 0 Å². The van der Waals surface area contributed by atoms with Crippen LogP contribution in [0.5, 0.6) is 5.75 Å². The van der Waals surface area contributed by atoms with Crippen molar-refractivity contribution in [2.24, 2.45) is 0 Å². The lowest BCUT2D eigenvalue weighted by Gasteiger charge is -2.08. The van der Waals surface area contributed by atoms with Crippen molar-refractivity contribution in [3.05, 3.63) is 29.7 Å². The summed E-state index contributed by atoms with van der Waals surface area (Å²) >= 11 is 0. The van der Waals surface area contributed by atoms with Gasteiger partial charge in [-0.3, -0.25) is 0 Å². The van der Waals surface area contributed by atoms with Gasteiger partial charge in [-0.2, -0.15) is 0 Å². The zero-order chi connectivity index (χ0) is 11.7. The molecule has 0 fully saturated rings. The van der Waals surface area contributed by atoms with E-state index in [2.05, 4.69) is 5.16 Å². The lowest BCUT2D eigenvalue weighted by Crippen LogP contribution is -1.94. The molecule has 4 nitrogen and oxygen atoms in total. The maximum Gasteiger partial charge on any atom is 0.196 e. The number of aromatic nitrogens is 1. The van der Waals surface area contributed by atoms with E-state index in [1.54, 1.807) is 13.0 Å². The molecule has 1 aromatic carbocycles. The molecule has 0 aliphatic carbocycles. The molecule has 1 heterocycles. The summed E-state index contributed by atoms with van der Waals surface area (Å²) in [7, 11) is 1.46. The van der Waals surface area contributed by atoms with E-state index in [0.717, 1.165) is 5.56 Å². The van der Waals surface area contributed by atoms with Crippen molar-refractivity contribution in [2.75, 3.05) is 12.8 Å². The molecule has 0 saturated carbocycles. The van der Waals surface area contributed by atoms with Crippen molar-refractivity contribution >= 4 is 5.69 Å². The second-order valence-corrected chi connectivity index (χ2v) is 3.43. The van der Waals surface area contributed by atoms with Gasteiger partial charge in [-0.15, -0.1) is 0 Å². The lowest BCUT2D eigenvalue weighted by molar-refractivity contribution is 0.401. The van der Waals surface area contributed by atoms with Crippen LogP contribution in [0.15, 0.2) is 22.9 Å². The van der Waals surface area contributed by atoms with E-state index in [0.29, 0.717) is 5.75 Å². The van der Waals surface area contributed by atoms with Gasteiger partial charge < -0.3 is 15.0 Å². The zero-order valence-corrected chi connectivity index (χ0v) is 8.95. The Labute approximate surface area is 91.8 Å². The summed E-state index contributed by atoms with van der Waals surface area (Å²) in [6.07, 6.45) is 1.33. The minimum absolute atomic E-state index is 0.189. The third-order valence-electron chi connectivity index (χ3n) is 2.24. The molecule has 0 radical (unpaired) electrons. The molecule has 2 rings (SSSR count). The van der Waals surface area contributed by atoms with Crippen molar-refractivity contribution < 1.29 is 13.7 Å². The fraction of sp³-hybridized carbons (Fsp3) is 0.182. The first-order valence-electron chi connectivity index (χ1n) is 4.68. The van der Waals surface area contributed by atoms with E-state index in [1.807, 2.05) is 0 Å². The summed E-state index contributed by atoms with van der Waals surface area (Å²) in [5, 5.41) is 3.51. The molecule has 5 heteroatoms. The van der Waals surface area contributed by atoms with E-state index in [4.69, 9.17) is 15.0 Å². The Morgan fingerprint density at radius 2 is 2.19 bits per heavy atom. The van der Waals surface area contributed by atoms with Crippen LogP contribution in [0.2, 0.25) is 0 Å². The van der Waals surface area contributed by atoms with Crippen molar-refractivity contribution in [1.82, 2.24) is 5.16 Å². The monoisotopic (exact) mass is 222 g/mol. The number of rotatable bonds is 2. The summed E-state index contributed by atoms with van der Waals surface area (Å²) in [5.41, 5.74) is 6.86. The fourth-order valence-electron chi connectivity index (χ4n) is 1.53. The van der Waals surface area contributed by atoms with Gasteiger partial charge in [0.05, 0.1) is 18.9 Å². The maximum atomic E-state index is 13.8. The molecule has 1 aromatic heterocycles. The summed E-state index contributed by atoms with van der Waals surface area (Å²) in [5.74, 6) is 0.121. The van der Waals surface area contributed by atoms with E-state index in [9.17, 15) is 4.39 Å². The Morgan fingerprint density at radius 3 is 2.75 bits per heavy atom. The lowest BCUT2D eigenvalue weighted by atomic mass is 10.1. The SMILES string of the molecule is COc1cc(C)cc(F)c1-c1oncc1N. The van der Waals surface area contributed by atoms with E-state index >= 15 is 0 Å². The number of aryl methyl sites for hydroxylation is 1. The Balaban J connectivity index is 2.69. The summed E-state index contributed by atoms with van der Waals surface area (Å²) in [4.78, 5) is 0. The molecule has 0 aliphatic heterocycles. The van der Waals surface area contributed by atoms with Crippen LogP contribution in [-0.2, 0) is 0 Å². The number of nitrogens with zero attached hydrogens (tertiary/aromatic N) is 1. The van der Waals surface area contributed by atoms with Crippen molar-refractivity contribution in [3.8, 4) is 17.1 Å². The first kappa shape index (κ1) is 10.5. The predicted molar refractivity (Wildman–Crippen MR) is 57.6 cm³/mol. The highest BCUT2D eigenvalue weighted by molar-refractivity contribution is 5.75. The number of hydrogen-bond acceptors (Lipinski definition) is 4. The molecule has 0 saturated heterocycles. The molecule has 0 bridgehead atoms. The minimum Gasteiger partial charge on any atom is -0.496 e. The number of methoxy groups -OCH3 is 1. The number of hydrogen-bond donors (Lipinski definition) is 1. The van der Waals surface area contributed by atoms with Crippen molar-refractivity contribution in [1.29, 1.82) is 0 Å². The van der Waals surface area contributed by atoms with E-state index in [-0.39, 0.29) is 17.0 Å². The van der Waals surface area contributed by atoms with Crippen LogP contribution in [0, 0.1) is 12.7 Å². The highest BCUT2D eigenvalue weighted by Crippen LogP contribution is 2.36. The van der Waals surface area contributed by atoms with Gasteiger partial charge in [0.1, 0.15) is 17.3 Å². The van der Waals surface area contributed by atoms with Gasteiger partial charge in [-0.25, -0.2) is 4.39 Å². The zero-order valence-electron chi connectivity index (χ0n) is 8.95. The second kappa shape index (κ2) is 3.84. The summed E-state index contributed by atoms with van der Waals surface area (Å²) < 4.78 is 23.8. The standard InChI is InChI=1S/C11H11FN2O2/c1-6-3-7(12)10(9(4-6)15-2)11-8(13)5-14-16-11/h3-5H,13H2,1-2H3. The van der Waals surface area contributed by atoms with Crippen LogP contribution in [0.4, 0.5) is 10.1 Å². The van der Waals surface area contributed by atoms with Crippen LogP contribution in [-0.4, -0.2) is 12.3 Å². The number of anilines is 1. The summed E-state index contributed by atoms with van der Waals surface area (Å²) in [6, 6.07) is 3.10. The van der Waals surface area contributed by atoms with E-state index in [1.165, 1.54) is 19.4 Å². The normalized spacial score (nSPS) is 10.4. The molecule has 0 unspecified atom stereocenters. The third-order valence-corrected chi connectivity index (χ3v) is 2.24. The highest BCUT2D eigenvalue weighted by atomic mass is 19.1. The average molecular weight is 222 g/mol. The average Bonchev–Trinajstić information content (AvgIpc) is 2.63. The van der Waals surface area contributed by atoms with Crippen LogP contribution < -0.4 is 10.5 Å². The Hall–Kier alpha value is -2.04. The smallest absolute Gasteiger partial charge is 0.196 e. The summed E-state index contributed by atoms with van der Waals surface area (Å²) in [6.45, 7) is 1.78. The Morgan fingerprint density at radius 1 is 1.44 bits per heavy atom. The molecular formula is C11H11FN2O2. The van der Waals surface area contributed by atoms with Crippen LogP contribution in [0.1, 0.15) is 5.56 Å². The molecule has 84 valence electrons. The first-order valence-corrected chi connectivity index (χ1v) is 4.68. The molecule has 0 amide bonds. The molecule has 16 heavy (non-hydrogen) atoms. The molecule has 2 aromatic rings. The van der Waals surface area contributed by atoms with Crippen LogP contribution in [0.3, 0.4) is 0 Å². The van der Waals surface area contributed by atoms with Gasteiger partial charge >= 0.3 is 0 Å². The van der Waals surface area contributed by atoms with Gasteiger partial charge in [0, 0.05) is 0 Å². The minimum atomic E-state index is -0.444. The molecule has 2 N–H and O–H groups in total. The highest BCUT2D eigenvalue weighted by Gasteiger charge is 2.19. The predicted octanol–water partition coefficient (Wildman–Crippen LogP) is 2.38. The number of nitrogens with two attached hydrogens (primary N) is 1. The van der Waals surface area contributed by atoms with Gasteiger partial charge in [0.15, 0.2) is 5.76 Å². The molecule has 0 spiro atoms. The molecule has 0 atom stereocenters. The molecular weight excluding hydrogens is 211 g/mol. The van der Waals surface area contributed by atoms with E-state index < -0.39 is 5.82 Å². The quantitative estimate of drug-likeness (QED) is 0.847. The van der Waals surface area contributed by atoms with Crippen LogP contribution >= 0.6 is 0 Å². The molecule has 0 aliphatic rings. The Kier molecular flexibility index (Phi) is 2.52. The third kappa shape index (κ3) is 1.60. The fourth-order valence-corrected chi connectivity index (χ4v) is 1.53. The number of benzene rings is 1. The topological polar surface area (TPSA) is 61.3 Å². The van der Waals surface area contributed by atoms with Gasteiger partial charge in [-0.1, -0.05) is 5.16 Å². The van der Waals surface area contributed by atoms with Gasteiger partial charge in [-0.05, 0) is 24.6 Å². The maximum absolute atomic E-state index is 13.8. The van der Waals surface area contributed by atoms with Gasteiger partial charge in [0.25, 0.3) is 0 Å². The largest absolute Gasteiger partial charge is 0.496 e. The number of halogens is 1.